The molecule has 0 heterocycles. The quantitative estimate of drug-likeness (QED) is 0.574. The van der Waals surface area contributed by atoms with Crippen molar-refractivity contribution in [3.05, 3.63) is 22.2 Å². The number of nitrogens with zero attached hydrogens (tertiary/aromatic N) is 2. The topological polar surface area (TPSA) is 128 Å². The van der Waals surface area contributed by atoms with Crippen LogP contribution in [0.15, 0.2) is 12.1 Å². The van der Waals surface area contributed by atoms with E-state index in [0.717, 1.165) is 6.07 Å². The Morgan fingerprint density at radius 3 is 2.60 bits per heavy atom. The van der Waals surface area contributed by atoms with Crippen LogP contribution < -0.4 is 20.1 Å². The van der Waals surface area contributed by atoms with E-state index in [1.807, 2.05) is 0 Å². The van der Waals surface area contributed by atoms with E-state index in [-0.39, 0.29) is 36.0 Å². The van der Waals surface area contributed by atoms with E-state index in [1.165, 1.54) is 18.1 Å². The molecule has 9 nitrogen and oxygen atoms in total. The number of carbonyl (C=O) groups is 1. The summed E-state index contributed by atoms with van der Waals surface area (Å²) in [4.78, 5) is 22.7. The van der Waals surface area contributed by atoms with Crippen molar-refractivity contribution in [2.75, 3.05) is 32.2 Å². The number of nitrogens with two attached hydrogens (primary N) is 1. The van der Waals surface area contributed by atoms with Crippen molar-refractivity contribution in [2.45, 2.75) is 0 Å². The highest BCUT2D eigenvalue weighted by Gasteiger charge is 2.23. The van der Waals surface area contributed by atoms with Crippen molar-refractivity contribution in [3.63, 3.8) is 0 Å². The summed E-state index contributed by atoms with van der Waals surface area (Å²) in [7, 11) is 2.90. The number of rotatable bonds is 6. The molecule has 0 aliphatic heterocycles. The van der Waals surface area contributed by atoms with E-state index in [0.29, 0.717) is 0 Å². The zero-order valence-corrected chi connectivity index (χ0v) is 11.0. The van der Waals surface area contributed by atoms with Crippen LogP contribution in [-0.4, -0.2) is 43.4 Å². The van der Waals surface area contributed by atoms with E-state index < -0.39 is 11.0 Å². The fourth-order valence-electron chi connectivity index (χ4n) is 1.61. The lowest BCUT2D eigenvalue weighted by Gasteiger charge is -2.19. The molecule has 110 valence electrons. The Kier molecular flexibility index (Phi) is 5.09. The molecule has 0 aliphatic rings. The van der Waals surface area contributed by atoms with Crippen LogP contribution in [0, 0.1) is 10.1 Å². The lowest BCUT2D eigenvalue weighted by atomic mass is 10.2. The van der Waals surface area contributed by atoms with Crippen LogP contribution in [0.3, 0.4) is 0 Å². The maximum atomic E-state index is 11.1. The molecule has 0 aliphatic carbocycles. The summed E-state index contributed by atoms with van der Waals surface area (Å²) in [5.41, 5.74) is 4.82. The molecule has 0 radical (unpaired) electrons. The van der Waals surface area contributed by atoms with Crippen molar-refractivity contribution in [2.24, 2.45) is 5.73 Å². The Bertz CT molecular complexity index is 519. The fraction of sp³-hybridized carbons (Fsp3) is 0.364. The first kappa shape index (κ1) is 15.5. The van der Waals surface area contributed by atoms with E-state index in [9.17, 15) is 14.9 Å². The van der Waals surface area contributed by atoms with Crippen LogP contribution in [0.2, 0.25) is 0 Å². The zero-order chi connectivity index (χ0) is 15.3. The van der Waals surface area contributed by atoms with Gasteiger partial charge in [0.1, 0.15) is 5.69 Å². The minimum absolute atomic E-state index is 0.120. The Hall–Kier alpha value is -2.55. The molecule has 0 saturated heterocycles. The first-order chi connectivity index (χ1) is 9.40. The molecule has 1 aromatic carbocycles. The summed E-state index contributed by atoms with van der Waals surface area (Å²) in [5, 5.41) is 20.0. The maximum absolute atomic E-state index is 11.1. The standard InChI is InChI=1S/C11H15N3O6/c1-13(3-4-15)7-5-9(19-2)10(20-11(12)16)6-8(7)14(17)18/h5-6,15H,3-4H2,1-2H3,(H2,12,16). The average molecular weight is 285 g/mol. The molecule has 0 spiro atoms. The van der Waals surface area contributed by atoms with Crippen molar-refractivity contribution in [1.82, 2.24) is 0 Å². The Balaban J connectivity index is 3.36. The van der Waals surface area contributed by atoms with Crippen molar-refractivity contribution < 1.29 is 24.3 Å². The van der Waals surface area contributed by atoms with E-state index >= 15 is 0 Å². The number of aliphatic hydroxyl groups is 1. The number of aliphatic hydroxyl groups excluding tert-OH is 1. The van der Waals surface area contributed by atoms with Crippen LogP contribution in [0.4, 0.5) is 16.2 Å². The van der Waals surface area contributed by atoms with Gasteiger partial charge in [0.05, 0.1) is 24.7 Å². The second-order valence-corrected chi connectivity index (χ2v) is 3.82. The maximum Gasteiger partial charge on any atom is 0.410 e. The number of hydrogen-bond acceptors (Lipinski definition) is 7. The fourth-order valence-corrected chi connectivity index (χ4v) is 1.61. The molecule has 0 bridgehead atoms. The van der Waals surface area contributed by atoms with Gasteiger partial charge in [-0.05, 0) is 0 Å². The molecular formula is C11H15N3O6. The van der Waals surface area contributed by atoms with Crippen LogP contribution in [-0.2, 0) is 0 Å². The molecule has 3 N–H and O–H groups in total. The van der Waals surface area contributed by atoms with Crippen LogP contribution in [0.25, 0.3) is 0 Å². The number of nitro groups is 1. The number of ether oxygens (including phenoxy) is 2. The summed E-state index contributed by atoms with van der Waals surface area (Å²) >= 11 is 0. The van der Waals surface area contributed by atoms with Gasteiger partial charge in [-0.2, -0.15) is 0 Å². The van der Waals surface area contributed by atoms with Crippen LogP contribution in [0.5, 0.6) is 11.5 Å². The minimum atomic E-state index is -1.10. The van der Waals surface area contributed by atoms with Crippen molar-refractivity contribution >= 4 is 17.5 Å². The summed E-state index contributed by atoms with van der Waals surface area (Å²) in [6.45, 7) is 0.0233. The molecule has 1 aromatic rings. The molecule has 0 fully saturated rings. The molecule has 1 rings (SSSR count). The number of primary amides is 1. The summed E-state index contributed by atoms with van der Waals surface area (Å²) in [6, 6.07) is 2.39. The summed E-state index contributed by atoms with van der Waals surface area (Å²) in [6.07, 6.45) is -1.10. The van der Waals surface area contributed by atoms with E-state index in [1.54, 1.807) is 7.05 Å². The van der Waals surface area contributed by atoms with Gasteiger partial charge in [0.2, 0.25) is 0 Å². The third kappa shape index (κ3) is 3.48. The van der Waals surface area contributed by atoms with Gasteiger partial charge in [0.25, 0.3) is 5.69 Å². The van der Waals surface area contributed by atoms with Gasteiger partial charge < -0.3 is 25.2 Å². The lowest BCUT2D eigenvalue weighted by molar-refractivity contribution is -0.384. The van der Waals surface area contributed by atoms with E-state index in [4.69, 9.17) is 15.6 Å². The Morgan fingerprint density at radius 1 is 1.50 bits per heavy atom. The second-order valence-electron chi connectivity index (χ2n) is 3.82. The molecular weight excluding hydrogens is 270 g/mol. The van der Waals surface area contributed by atoms with Crippen molar-refractivity contribution in [3.8, 4) is 11.5 Å². The monoisotopic (exact) mass is 285 g/mol. The van der Waals surface area contributed by atoms with Gasteiger partial charge in [-0.1, -0.05) is 0 Å². The second kappa shape index (κ2) is 6.57. The number of anilines is 1. The van der Waals surface area contributed by atoms with Gasteiger partial charge in [0.15, 0.2) is 11.5 Å². The largest absolute Gasteiger partial charge is 0.493 e. The molecule has 20 heavy (non-hydrogen) atoms. The SMILES string of the molecule is COc1cc(N(C)CCO)c([N+](=O)[O-])cc1OC(N)=O. The third-order valence-corrected chi connectivity index (χ3v) is 2.51. The Morgan fingerprint density at radius 2 is 2.15 bits per heavy atom. The summed E-state index contributed by atoms with van der Waals surface area (Å²) < 4.78 is 9.67. The van der Waals surface area contributed by atoms with Gasteiger partial charge in [-0.25, -0.2) is 4.79 Å². The summed E-state index contributed by atoms with van der Waals surface area (Å²) in [5.74, 6) is -0.0259. The van der Waals surface area contributed by atoms with Gasteiger partial charge in [0, 0.05) is 19.7 Å². The molecule has 1 amide bonds. The smallest absolute Gasteiger partial charge is 0.410 e. The first-order valence-electron chi connectivity index (χ1n) is 5.56. The zero-order valence-electron chi connectivity index (χ0n) is 11.0. The highest BCUT2D eigenvalue weighted by molar-refractivity contribution is 5.74. The predicted octanol–water partition coefficient (Wildman–Crippen LogP) is 0.489. The highest BCUT2D eigenvalue weighted by Crippen LogP contribution is 2.39. The molecule has 9 heteroatoms. The van der Waals surface area contributed by atoms with Gasteiger partial charge in [-0.3, -0.25) is 10.1 Å². The molecule has 0 aromatic heterocycles. The first-order valence-corrected chi connectivity index (χ1v) is 5.56. The number of likely N-dealkylation sites (N-methyl/N-ethyl adjacent to an activating group) is 1. The number of nitro benzene ring substituents is 1. The minimum Gasteiger partial charge on any atom is -0.493 e. The lowest BCUT2D eigenvalue weighted by Crippen LogP contribution is -2.22. The Labute approximate surface area is 114 Å². The van der Waals surface area contributed by atoms with Gasteiger partial charge >= 0.3 is 6.09 Å². The van der Waals surface area contributed by atoms with E-state index in [2.05, 4.69) is 4.74 Å². The predicted molar refractivity (Wildman–Crippen MR) is 70.2 cm³/mol. The van der Waals surface area contributed by atoms with Crippen LogP contribution >= 0.6 is 0 Å². The van der Waals surface area contributed by atoms with Gasteiger partial charge in [-0.15, -0.1) is 0 Å². The highest BCUT2D eigenvalue weighted by atomic mass is 16.6. The molecule has 0 unspecified atom stereocenters. The van der Waals surface area contributed by atoms with Crippen molar-refractivity contribution in [1.29, 1.82) is 0 Å². The number of hydrogen-bond donors (Lipinski definition) is 2. The average Bonchev–Trinajstić information content (AvgIpc) is 2.37. The number of methoxy groups -OCH3 is 1. The van der Waals surface area contributed by atoms with Crippen LogP contribution in [0.1, 0.15) is 0 Å². The number of carbonyl (C=O) groups excluding carboxylic acids is 1. The normalized spacial score (nSPS) is 9.95. The molecule has 0 saturated carbocycles. The number of benzene rings is 1. The molecule has 0 atom stereocenters. The number of amides is 1. The third-order valence-electron chi connectivity index (χ3n) is 2.51.